The van der Waals surface area contributed by atoms with Gasteiger partial charge in [-0.3, -0.25) is 0 Å². The lowest BCUT2D eigenvalue weighted by atomic mass is 10.3. The zero-order valence-electron chi connectivity index (χ0n) is 13.0. The van der Waals surface area contributed by atoms with Gasteiger partial charge in [0.1, 0.15) is 12.4 Å². The summed E-state index contributed by atoms with van der Waals surface area (Å²) in [5.74, 6) is 0.741. The van der Waals surface area contributed by atoms with Crippen LogP contribution in [-0.2, 0) is 6.54 Å². The summed E-state index contributed by atoms with van der Waals surface area (Å²) < 4.78 is 7.15. The highest BCUT2D eigenvalue weighted by atomic mass is 35.5. The first-order chi connectivity index (χ1) is 11.7. The lowest BCUT2D eigenvalue weighted by Crippen LogP contribution is -2.02. The van der Waals surface area contributed by atoms with E-state index in [1.165, 1.54) is 0 Å². The van der Waals surface area contributed by atoms with Crippen LogP contribution >= 0.6 is 11.6 Å². The fourth-order valence-corrected chi connectivity index (χ4v) is 2.35. The van der Waals surface area contributed by atoms with Crippen LogP contribution in [0.4, 0.5) is 5.69 Å². The number of hydrogen-bond donors (Lipinski definition) is 2. The van der Waals surface area contributed by atoms with Crippen molar-refractivity contribution in [2.24, 2.45) is 0 Å². The molecule has 0 unspecified atom stereocenters. The molecule has 0 saturated carbocycles. The Morgan fingerprint density at radius 3 is 2.54 bits per heavy atom. The van der Waals surface area contributed by atoms with E-state index in [9.17, 15) is 0 Å². The van der Waals surface area contributed by atoms with Crippen LogP contribution in [0.3, 0.4) is 0 Å². The molecular formula is C18H18ClN3O2. The van der Waals surface area contributed by atoms with Crippen LogP contribution in [0.2, 0.25) is 5.02 Å². The third-order valence-corrected chi connectivity index (χ3v) is 3.69. The molecule has 0 aliphatic heterocycles. The average Bonchev–Trinajstić information content (AvgIpc) is 3.09. The zero-order valence-corrected chi connectivity index (χ0v) is 13.8. The first-order valence-electron chi connectivity index (χ1n) is 7.62. The summed E-state index contributed by atoms with van der Waals surface area (Å²) in [5, 5.41) is 17.2. The van der Waals surface area contributed by atoms with Gasteiger partial charge in [0.15, 0.2) is 0 Å². The maximum Gasteiger partial charge on any atom is 0.119 e. The highest BCUT2D eigenvalue weighted by Gasteiger charge is 2.02. The van der Waals surface area contributed by atoms with Crippen LogP contribution in [0.15, 0.2) is 60.9 Å². The van der Waals surface area contributed by atoms with Crippen LogP contribution in [0, 0.1) is 0 Å². The number of nitrogens with zero attached hydrogens (tertiary/aromatic N) is 2. The molecule has 5 nitrogen and oxygen atoms in total. The van der Waals surface area contributed by atoms with Crippen LogP contribution in [0.5, 0.6) is 5.75 Å². The number of aliphatic hydroxyl groups excluding tert-OH is 1. The smallest absolute Gasteiger partial charge is 0.119 e. The Morgan fingerprint density at radius 2 is 1.83 bits per heavy atom. The van der Waals surface area contributed by atoms with Gasteiger partial charge in [-0.2, -0.15) is 5.10 Å². The largest absolute Gasteiger partial charge is 0.491 e. The van der Waals surface area contributed by atoms with Crippen molar-refractivity contribution in [3.05, 3.63) is 71.5 Å². The third-order valence-electron chi connectivity index (χ3n) is 3.44. The minimum atomic E-state index is 0.0115. The monoisotopic (exact) mass is 343 g/mol. The molecule has 124 valence electrons. The number of aliphatic hydroxyl groups is 1. The Kier molecular flexibility index (Phi) is 5.36. The van der Waals surface area contributed by atoms with E-state index in [1.807, 2.05) is 65.6 Å². The number of benzene rings is 2. The molecule has 0 radical (unpaired) electrons. The van der Waals surface area contributed by atoms with Crippen molar-refractivity contribution in [2.45, 2.75) is 6.54 Å². The molecule has 6 heteroatoms. The van der Waals surface area contributed by atoms with Gasteiger partial charge in [0.05, 0.1) is 18.5 Å². The van der Waals surface area contributed by atoms with Gasteiger partial charge in [-0.1, -0.05) is 11.6 Å². The zero-order chi connectivity index (χ0) is 16.8. The SMILES string of the molecule is OCCOc1ccc(NCc2cnn(-c3ccc(Cl)cc3)c2)cc1. The normalized spacial score (nSPS) is 10.6. The molecule has 0 amide bonds. The molecule has 1 aromatic heterocycles. The summed E-state index contributed by atoms with van der Waals surface area (Å²) in [6, 6.07) is 15.2. The standard InChI is InChI=1S/C18H18ClN3O2/c19-15-1-5-17(6-2-15)22-13-14(12-21-22)11-20-16-3-7-18(8-4-16)24-10-9-23/h1-8,12-13,20,23H,9-11H2. The minimum Gasteiger partial charge on any atom is -0.491 e. The topological polar surface area (TPSA) is 59.3 Å². The van der Waals surface area contributed by atoms with Gasteiger partial charge in [0.2, 0.25) is 0 Å². The minimum absolute atomic E-state index is 0.0115. The van der Waals surface area contributed by atoms with E-state index in [1.54, 1.807) is 0 Å². The van der Waals surface area contributed by atoms with Crippen LogP contribution in [0.1, 0.15) is 5.56 Å². The Morgan fingerprint density at radius 1 is 1.08 bits per heavy atom. The number of anilines is 1. The lowest BCUT2D eigenvalue weighted by molar-refractivity contribution is 0.201. The maximum absolute atomic E-state index is 8.74. The highest BCUT2D eigenvalue weighted by molar-refractivity contribution is 6.30. The summed E-state index contributed by atoms with van der Waals surface area (Å²) in [4.78, 5) is 0. The molecule has 0 bridgehead atoms. The predicted molar refractivity (Wildman–Crippen MR) is 94.9 cm³/mol. The molecule has 1 heterocycles. The molecule has 0 aliphatic rings. The predicted octanol–water partition coefficient (Wildman–Crippen LogP) is 3.51. The van der Waals surface area contributed by atoms with E-state index in [0.29, 0.717) is 18.2 Å². The first kappa shape index (κ1) is 16.4. The molecule has 3 aromatic rings. The number of nitrogens with one attached hydrogen (secondary N) is 1. The molecular weight excluding hydrogens is 326 g/mol. The van der Waals surface area contributed by atoms with E-state index in [2.05, 4.69) is 10.4 Å². The molecule has 0 aliphatic carbocycles. The van der Waals surface area contributed by atoms with Crippen molar-refractivity contribution in [3.63, 3.8) is 0 Å². The Balaban J connectivity index is 1.58. The van der Waals surface area contributed by atoms with Crippen molar-refractivity contribution in [3.8, 4) is 11.4 Å². The molecule has 2 aromatic carbocycles. The fourth-order valence-electron chi connectivity index (χ4n) is 2.22. The van der Waals surface area contributed by atoms with E-state index in [-0.39, 0.29) is 6.61 Å². The highest BCUT2D eigenvalue weighted by Crippen LogP contribution is 2.17. The first-order valence-corrected chi connectivity index (χ1v) is 7.99. The Labute approximate surface area is 145 Å². The van der Waals surface area contributed by atoms with Crippen LogP contribution < -0.4 is 10.1 Å². The second-order valence-electron chi connectivity index (χ2n) is 5.22. The van der Waals surface area contributed by atoms with Crippen molar-refractivity contribution in [2.75, 3.05) is 18.5 Å². The summed E-state index contributed by atoms with van der Waals surface area (Å²) in [5.41, 5.74) is 3.03. The van der Waals surface area contributed by atoms with Gasteiger partial charge in [0.25, 0.3) is 0 Å². The van der Waals surface area contributed by atoms with E-state index >= 15 is 0 Å². The van der Waals surface area contributed by atoms with Crippen molar-refractivity contribution >= 4 is 17.3 Å². The van der Waals surface area contributed by atoms with Crippen LogP contribution in [-0.4, -0.2) is 28.1 Å². The number of hydrogen-bond acceptors (Lipinski definition) is 4. The quantitative estimate of drug-likeness (QED) is 0.689. The molecule has 0 saturated heterocycles. The second kappa shape index (κ2) is 7.86. The molecule has 0 atom stereocenters. The molecule has 2 N–H and O–H groups in total. The fraction of sp³-hybridized carbons (Fsp3) is 0.167. The molecule has 3 rings (SSSR count). The molecule has 0 fully saturated rings. The number of ether oxygens (including phenoxy) is 1. The van der Waals surface area contributed by atoms with Crippen molar-refractivity contribution in [1.82, 2.24) is 9.78 Å². The van der Waals surface area contributed by atoms with Gasteiger partial charge in [-0.15, -0.1) is 0 Å². The van der Waals surface area contributed by atoms with Crippen molar-refractivity contribution < 1.29 is 9.84 Å². The van der Waals surface area contributed by atoms with Gasteiger partial charge in [0, 0.05) is 29.0 Å². The molecule has 0 spiro atoms. The maximum atomic E-state index is 8.74. The summed E-state index contributed by atoms with van der Waals surface area (Å²) in [7, 11) is 0. The summed E-state index contributed by atoms with van der Waals surface area (Å²) in [6.45, 7) is 0.985. The summed E-state index contributed by atoms with van der Waals surface area (Å²) >= 11 is 5.90. The number of halogens is 1. The Hall–Kier alpha value is -2.50. The second-order valence-corrected chi connectivity index (χ2v) is 5.66. The van der Waals surface area contributed by atoms with E-state index in [4.69, 9.17) is 21.4 Å². The van der Waals surface area contributed by atoms with Crippen LogP contribution in [0.25, 0.3) is 5.69 Å². The summed E-state index contributed by atoms with van der Waals surface area (Å²) in [6.07, 6.45) is 3.81. The number of aromatic nitrogens is 2. The van der Waals surface area contributed by atoms with Gasteiger partial charge >= 0.3 is 0 Å². The van der Waals surface area contributed by atoms with Gasteiger partial charge in [-0.25, -0.2) is 4.68 Å². The van der Waals surface area contributed by atoms with Crippen molar-refractivity contribution in [1.29, 1.82) is 0 Å². The molecule has 24 heavy (non-hydrogen) atoms. The average molecular weight is 344 g/mol. The lowest BCUT2D eigenvalue weighted by Gasteiger charge is -2.07. The number of rotatable bonds is 7. The van der Waals surface area contributed by atoms with Gasteiger partial charge in [-0.05, 0) is 48.5 Å². The third kappa shape index (κ3) is 4.28. The van der Waals surface area contributed by atoms with E-state index in [0.717, 1.165) is 22.7 Å². The van der Waals surface area contributed by atoms with Gasteiger partial charge < -0.3 is 15.2 Å². The van der Waals surface area contributed by atoms with E-state index < -0.39 is 0 Å². The Bertz CT molecular complexity index is 770.